The van der Waals surface area contributed by atoms with Crippen LogP contribution in [0.3, 0.4) is 0 Å². The van der Waals surface area contributed by atoms with Crippen molar-refractivity contribution >= 4 is 11.6 Å². The van der Waals surface area contributed by atoms with Crippen LogP contribution in [-0.2, 0) is 6.61 Å². The summed E-state index contributed by atoms with van der Waals surface area (Å²) in [6.45, 7) is 1.89. The van der Waals surface area contributed by atoms with E-state index in [9.17, 15) is 8.78 Å². The molecule has 0 spiro atoms. The van der Waals surface area contributed by atoms with Gasteiger partial charge in [-0.05, 0) is 30.7 Å². The summed E-state index contributed by atoms with van der Waals surface area (Å²) in [6.07, 6.45) is 0. The van der Waals surface area contributed by atoms with Crippen molar-refractivity contribution in [3.63, 3.8) is 0 Å². The molecule has 2 aromatic rings. The first-order valence-corrected chi connectivity index (χ1v) is 6.47. The SMILES string of the molecule is C[C@@H](N)c1ccc(F)cc1OCc1ccc(Cl)c(F)c1. The molecule has 2 N–H and O–H groups in total. The Kier molecular flexibility index (Phi) is 4.57. The molecular formula is C15H14ClF2NO. The minimum Gasteiger partial charge on any atom is -0.488 e. The molecule has 0 aromatic heterocycles. The Balaban J connectivity index is 2.17. The monoisotopic (exact) mass is 297 g/mol. The van der Waals surface area contributed by atoms with Crippen molar-refractivity contribution in [3.8, 4) is 5.75 Å². The molecule has 0 saturated heterocycles. The van der Waals surface area contributed by atoms with Crippen LogP contribution in [-0.4, -0.2) is 0 Å². The number of rotatable bonds is 4. The van der Waals surface area contributed by atoms with E-state index in [0.717, 1.165) is 0 Å². The highest BCUT2D eigenvalue weighted by Gasteiger charge is 2.10. The van der Waals surface area contributed by atoms with E-state index in [2.05, 4.69) is 0 Å². The molecule has 106 valence electrons. The largest absolute Gasteiger partial charge is 0.488 e. The minimum atomic E-state index is -0.514. The smallest absolute Gasteiger partial charge is 0.142 e. The lowest BCUT2D eigenvalue weighted by Gasteiger charge is -2.14. The fourth-order valence-electron chi connectivity index (χ4n) is 1.80. The van der Waals surface area contributed by atoms with Crippen LogP contribution in [0.1, 0.15) is 24.1 Å². The summed E-state index contributed by atoms with van der Waals surface area (Å²) in [4.78, 5) is 0. The molecule has 1 atom stereocenters. The quantitative estimate of drug-likeness (QED) is 0.917. The Morgan fingerprint density at radius 1 is 1.20 bits per heavy atom. The molecule has 20 heavy (non-hydrogen) atoms. The molecular weight excluding hydrogens is 284 g/mol. The third-order valence-electron chi connectivity index (χ3n) is 2.84. The van der Waals surface area contributed by atoms with E-state index in [0.29, 0.717) is 16.9 Å². The molecule has 0 heterocycles. The molecule has 0 fully saturated rings. The molecule has 0 bridgehead atoms. The van der Waals surface area contributed by atoms with Gasteiger partial charge in [-0.2, -0.15) is 0 Å². The van der Waals surface area contributed by atoms with Crippen molar-refractivity contribution in [1.82, 2.24) is 0 Å². The number of nitrogens with two attached hydrogens (primary N) is 1. The molecule has 0 radical (unpaired) electrons. The molecule has 0 unspecified atom stereocenters. The molecule has 0 amide bonds. The van der Waals surface area contributed by atoms with E-state index < -0.39 is 11.6 Å². The number of benzene rings is 2. The van der Waals surface area contributed by atoms with Gasteiger partial charge in [0.25, 0.3) is 0 Å². The van der Waals surface area contributed by atoms with Crippen LogP contribution in [0.15, 0.2) is 36.4 Å². The minimum absolute atomic E-state index is 0.0516. The first-order valence-electron chi connectivity index (χ1n) is 6.09. The zero-order chi connectivity index (χ0) is 14.7. The van der Waals surface area contributed by atoms with Crippen molar-refractivity contribution in [1.29, 1.82) is 0 Å². The van der Waals surface area contributed by atoms with Crippen molar-refractivity contribution < 1.29 is 13.5 Å². The topological polar surface area (TPSA) is 35.2 Å². The van der Waals surface area contributed by atoms with E-state index in [1.807, 2.05) is 0 Å². The maximum absolute atomic E-state index is 13.3. The highest BCUT2D eigenvalue weighted by atomic mass is 35.5. The van der Waals surface area contributed by atoms with Crippen LogP contribution in [0.25, 0.3) is 0 Å². The number of hydrogen-bond donors (Lipinski definition) is 1. The molecule has 0 aliphatic rings. The van der Waals surface area contributed by atoms with Crippen LogP contribution in [0.4, 0.5) is 8.78 Å². The van der Waals surface area contributed by atoms with Crippen molar-refractivity contribution in [2.75, 3.05) is 0 Å². The Hall–Kier alpha value is -1.65. The van der Waals surface area contributed by atoms with Crippen LogP contribution < -0.4 is 10.5 Å². The van der Waals surface area contributed by atoms with Gasteiger partial charge in [-0.3, -0.25) is 0 Å². The van der Waals surface area contributed by atoms with Gasteiger partial charge in [-0.15, -0.1) is 0 Å². The molecule has 0 saturated carbocycles. The van der Waals surface area contributed by atoms with E-state index in [1.165, 1.54) is 24.3 Å². The van der Waals surface area contributed by atoms with Gasteiger partial charge in [0.1, 0.15) is 24.0 Å². The number of halogens is 3. The fraction of sp³-hybridized carbons (Fsp3) is 0.200. The lowest BCUT2D eigenvalue weighted by Crippen LogP contribution is -2.08. The highest BCUT2D eigenvalue weighted by molar-refractivity contribution is 6.30. The maximum atomic E-state index is 13.3. The Morgan fingerprint density at radius 2 is 1.95 bits per heavy atom. The lowest BCUT2D eigenvalue weighted by atomic mass is 10.1. The van der Waals surface area contributed by atoms with E-state index >= 15 is 0 Å². The van der Waals surface area contributed by atoms with Crippen LogP contribution in [0, 0.1) is 11.6 Å². The summed E-state index contributed by atoms with van der Waals surface area (Å²) < 4.78 is 32.1. The van der Waals surface area contributed by atoms with E-state index in [4.69, 9.17) is 22.1 Å². The van der Waals surface area contributed by atoms with Crippen molar-refractivity contribution in [3.05, 3.63) is 64.2 Å². The van der Waals surface area contributed by atoms with Gasteiger partial charge in [-0.25, -0.2) is 8.78 Å². The average Bonchev–Trinajstić information content (AvgIpc) is 2.40. The van der Waals surface area contributed by atoms with Gasteiger partial charge < -0.3 is 10.5 Å². The first-order chi connectivity index (χ1) is 9.47. The number of ether oxygens (including phenoxy) is 1. The first kappa shape index (κ1) is 14.8. The third-order valence-corrected chi connectivity index (χ3v) is 3.15. The fourth-order valence-corrected chi connectivity index (χ4v) is 1.92. The average molecular weight is 298 g/mol. The summed E-state index contributed by atoms with van der Waals surface area (Å²) in [6, 6.07) is 8.28. The maximum Gasteiger partial charge on any atom is 0.142 e. The van der Waals surface area contributed by atoms with Gasteiger partial charge in [0, 0.05) is 17.7 Å². The van der Waals surface area contributed by atoms with E-state index in [1.54, 1.807) is 19.1 Å². The van der Waals surface area contributed by atoms with Gasteiger partial charge in [0.05, 0.1) is 5.02 Å². The van der Waals surface area contributed by atoms with Gasteiger partial charge in [0.15, 0.2) is 0 Å². The van der Waals surface area contributed by atoms with Gasteiger partial charge in [0.2, 0.25) is 0 Å². The van der Waals surface area contributed by atoms with Crippen molar-refractivity contribution in [2.24, 2.45) is 5.73 Å². The third kappa shape index (κ3) is 3.46. The Morgan fingerprint density at radius 3 is 2.60 bits per heavy atom. The molecule has 0 aliphatic heterocycles. The summed E-state index contributed by atoms with van der Waals surface area (Å²) >= 11 is 5.60. The predicted octanol–water partition coefficient (Wildman–Crippen LogP) is 4.22. The van der Waals surface area contributed by atoms with Crippen LogP contribution >= 0.6 is 11.6 Å². The molecule has 2 aromatic carbocycles. The van der Waals surface area contributed by atoms with Gasteiger partial charge in [-0.1, -0.05) is 23.7 Å². The normalized spacial score (nSPS) is 12.2. The molecule has 5 heteroatoms. The van der Waals surface area contributed by atoms with Gasteiger partial charge >= 0.3 is 0 Å². The molecule has 0 aliphatic carbocycles. The lowest BCUT2D eigenvalue weighted by molar-refractivity contribution is 0.299. The van der Waals surface area contributed by atoms with E-state index in [-0.39, 0.29) is 17.7 Å². The second-order valence-corrected chi connectivity index (χ2v) is 4.92. The number of hydrogen-bond acceptors (Lipinski definition) is 2. The standard InChI is InChI=1S/C15H14ClF2NO/c1-9(19)12-4-3-11(17)7-15(12)20-8-10-2-5-13(16)14(18)6-10/h2-7,9H,8,19H2,1H3/t9-/m1/s1. The zero-order valence-corrected chi connectivity index (χ0v) is 11.6. The Labute approximate surface area is 121 Å². The van der Waals surface area contributed by atoms with Crippen LogP contribution in [0.5, 0.6) is 5.75 Å². The summed E-state index contributed by atoms with van der Waals surface area (Å²) in [5, 5.41) is 0.0516. The summed E-state index contributed by atoms with van der Waals surface area (Å²) in [7, 11) is 0. The van der Waals surface area contributed by atoms with Crippen LogP contribution in [0.2, 0.25) is 5.02 Å². The summed E-state index contributed by atoms with van der Waals surface area (Å²) in [5.41, 5.74) is 7.10. The Bertz CT molecular complexity index is 617. The molecule has 2 nitrogen and oxygen atoms in total. The second kappa shape index (κ2) is 6.20. The predicted molar refractivity (Wildman–Crippen MR) is 74.7 cm³/mol. The van der Waals surface area contributed by atoms with Crippen molar-refractivity contribution in [2.45, 2.75) is 19.6 Å². The molecule has 2 rings (SSSR count). The highest BCUT2D eigenvalue weighted by Crippen LogP contribution is 2.26. The second-order valence-electron chi connectivity index (χ2n) is 4.51. The summed E-state index contributed by atoms with van der Waals surface area (Å²) in [5.74, 6) is -0.568. The zero-order valence-electron chi connectivity index (χ0n) is 10.9.